The predicted molar refractivity (Wildman–Crippen MR) is 109 cm³/mol. The van der Waals surface area contributed by atoms with Crippen LogP contribution in [0.2, 0.25) is 0 Å². The number of halogens is 3. The number of fused-ring (bicyclic) bond motifs is 1. The molecular formula is C23H19F3N2O3. The Labute approximate surface area is 175 Å². The molecule has 160 valence electrons. The van der Waals surface area contributed by atoms with E-state index in [1.165, 1.54) is 12.1 Å². The Morgan fingerprint density at radius 1 is 1.10 bits per heavy atom. The number of aromatic amines is 1. The van der Waals surface area contributed by atoms with Crippen LogP contribution in [0.4, 0.5) is 13.2 Å². The molecule has 0 fully saturated rings. The van der Waals surface area contributed by atoms with E-state index in [1.54, 1.807) is 18.3 Å². The molecule has 0 aliphatic carbocycles. The maximum Gasteiger partial charge on any atom is 0.416 e. The first-order valence-electron chi connectivity index (χ1n) is 9.59. The molecule has 0 radical (unpaired) electrons. The van der Waals surface area contributed by atoms with Crippen molar-refractivity contribution < 1.29 is 27.5 Å². The number of aliphatic carboxylic acids is 1. The lowest BCUT2D eigenvalue weighted by Gasteiger charge is -2.13. The number of carboxylic acid groups (broad SMARTS) is 1. The molecule has 0 saturated carbocycles. The van der Waals surface area contributed by atoms with E-state index >= 15 is 0 Å². The lowest BCUT2D eigenvalue weighted by atomic mass is 10.0. The molecule has 8 heteroatoms. The summed E-state index contributed by atoms with van der Waals surface area (Å²) in [5.74, 6) is -0.293. The second kappa shape index (κ2) is 8.31. The van der Waals surface area contributed by atoms with E-state index in [0.29, 0.717) is 11.3 Å². The van der Waals surface area contributed by atoms with Crippen molar-refractivity contribution in [3.63, 3.8) is 0 Å². The summed E-state index contributed by atoms with van der Waals surface area (Å²) in [5.41, 5.74) is 1.35. The first kappa shape index (κ1) is 20.7. The van der Waals surface area contributed by atoms with Crippen LogP contribution in [0.15, 0.2) is 71.3 Å². The van der Waals surface area contributed by atoms with Crippen LogP contribution in [-0.2, 0) is 23.9 Å². The van der Waals surface area contributed by atoms with Gasteiger partial charge in [-0.1, -0.05) is 30.3 Å². The summed E-state index contributed by atoms with van der Waals surface area (Å²) in [5, 5.41) is 13.5. The molecule has 2 aromatic carbocycles. The van der Waals surface area contributed by atoms with Crippen molar-refractivity contribution in [2.45, 2.75) is 25.2 Å². The number of para-hydroxylation sites is 1. The van der Waals surface area contributed by atoms with Crippen LogP contribution in [0.3, 0.4) is 0 Å². The molecule has 3 N–H and O–H groups in total. The number of alkyl halides is 3. The Bertz CT molecular complexity index is 1210. The minimum atomic E-state index is -4.44. The maximum absolute atomic E-state index is 12.9. The van der Waals surface area contributed by atoms with E-state index in [-0.39, 0.29) is 18.7 Å². The molecule has 0 bridgehead atoms. The summed E-state index contributed by atoms with van der Waals surface area (Å²) in [6, 6.07) is 14.8. The third-order valence-corrected chi connectivity index (χ3v) is 5.06. The standard InChI is InChI=1S/C23H19F3N2O3/c24-23(25,26)16-5-3-4-14(10-16)21-9-8-17(31-21)13-28-20(22(29)30)11-15-12-27-19-7-2-1-6-18(15)19/h1-10,12,20,27-28H,11,13H2,(H,29,30)/t20-/m0/s1. The fraction of sp³-hybridized carbons (Fsp3) is 0.174. The fourth-order valence-corrected chi connectivity index (χ4v) is 3.47. The van der Waals surface area contributed by atoms with E-state index in [0.717, 1.165) is 28.6 Å². The van der Waals surface area contributed by atoms with Gasteiger partial charge in [-0.3, -0.25) is 10.1 Å². The van der Waals surface area contributed by atoms with Gasteiger partial charge in [-0.05, 0) is 35.9 Å². The summed E-state index contributed by atoms with van der Waals surface area (Å²) in [7, 11) is 0. The quantitative estimate of drug-likeness (QED) is 0.377. The third kappa shape index (κ3) is 4.64. The molecule has 0 amide bonds. The normalized spacial score (nSPS) is 12.9. The summed E-state index contributed by atoms with van der Waals surface area (Å²) < 4.78 is 44.4. The average molecular weight is 428 g/mol. The number of hydrogen-bond donors (Lipinski definition) is 3. The van der Waals surface area contributed by atoms with Crippen molar-refractivity contribution in [3.8, 4) is 11.3 Å². The Hall–Kier alpha value is -3.52. The molecule has 1 atom stereocenters. The van der Waals surface area contributed by atoms with Crippen molar-refractivity contribution >= 4 is 16.9 Å². The second-order valence-electron chi connectivity index (χ2n) is 7.18. The minimum Gasteiger partial charge on any atom is -0.480 e. The molecule has 0 aliphatic heterocycles. The number of furan rings is 1. The monoisotopic (exact) mass is 428 g/mol. The number of hydrogen-bond acceptors (Lipinski definition) is 3. The highest BCUT2D eigenvalue weighted by Gasteiger charge is 2.30. The van der Waals surface area contributed by atoms with Crippen LogP contribution in [0.5, 0.6) is 0 Å². The van der Waals surface area contributed by atoms with Crippen LogP contribution < -0.4 is 5.32 Å². The molecule has 0 aliphatic rings. The molecule has 31 heavy (non-hydrogen) atoms. The van der Waals surface area contributed by atoms with Gasteiger partial charge in [0.15, 0.2) is 0 Å². The lowest BCUT2D eigenvalue weighted by molar-refractivity contribution is -0.139. The topological polar surface area (TPSA) is 78.3 Å². The van der Waals surface area contributed by atoms with Gasteiger partial charge in [0.2, 0.25) is 0 Å². The fourth-order valence-electron chi connectivity index (χ4n) is 3.47. The number of carboxylic acids is 1. The van der Waals surface area contributed by atoms with Crippen LogP contribution in [0.1, 0.15) is 16.9 Å². The first-order chi connectivity index (χ1) is 14.8. The van der Waals surface area contributed by atoms with E-state index in [2.05, 4.69) is 10.3 Å². The number of H-pyrrole nitrogens is 1. The predicted octanol–water partition coefficient (Wildman–Crippen LogP) is 5.23. The van der Waals surface area contributed by atoms with E-state index in [9.17, 15) is 23.1 Å². The molecule has 4 aromatic rings. The summed E-state index contributed by atoms with van der Waals surface area (Å²) >= 11 is 0. The molecule has 5 nitrogen and oxygen atoms in total. The highest BCUT2D eigenvalue weighted by atomic mass is 19.4. The molecule has 2 heterocycles. The van der Waals surface area contributed by atoms with E-state index in [4.69, 9.17) is 4.42 Å². The van der Waals surface area contributed by atoms with Crippen molar-refractivity contribution in [2.24, 2.45) is 0 Å². The highest BCUT2D eigenvalue weighted by molar-refractivity contribution is 5.84. The third-order valence-electron chi connectivity index (χ3n) is 5.06. The Balaban J connectivity index is 1.46. The zero-order valence-electron chi connectivity index (χ0n) is 16.2. The zero-order chi connectivity index (χ0) is 22.0. The molecular weight excluding hydrogens is 409 g/mol. The van der Waals surface area contributed by atoms with E-state index in [1.807, 2.05) is 24.3 Å². The van der Waals surface area contributed by atoms with Gasteiger partial charge in [0.05, 0.1) is 12.1 Å². The average Bonchev–Trinajstić information content (AvgIpc) is 3.38. The summed E-state index contributed by atoms with van der Waals surface area (Å²) in [6.07, 6.45) is -2.38. The van der Waals surface area contributed by atoms with Gasteiger partial charge in [0, 0.05) is 29.1 Å². The number of nitrogens with one attached hydrogen (secondary N) is 2. The van der Waals surface area contributed by atoms with Crippen LogP contribution in [0.25, 0.3) is 22.2 Å². The first-order valence-corrected chi connectivity index (χ1v) is 9.59. The zero-order valence-corrected chi connectivity index (χ0v) is 16.2. The SMILES string of the molecule is O=C(O)[C@H](Cc1c[nH]c2ccccc12)NCc1ccc(-c2cccc(C(F)(F)F)c2)o1. The van der Waals surface area contributed by atoms with Gasteiger partial charge < -0.3 is 14.5 Å². The van der Waals surface area contributed by atoms with Gasteiger partial charge >= 0.3 is 12.1 Å². The van der Waals surface area contributed by atoms with Gasteiger partial charge in [-0.25, -0.2) is 0 Å². The molecule has 4 rings (SSSR count). The minimum absolute atomic E-state index is 0.123. The van der Waals surface area contributed by atoms with Crippen molar-refractivity contribution in [1.82, 2.24) is 10.3 Å². The van der Waals surface area contributed by atoms with Gasteiger partial charge in [0.1, 0.15) is 17.6 Å². The van der Waals surface area contributed by atoms with E-state index < -0.39 is 23.8 Å². The maximum atomic E-state index is 12.9. The van der Waals surface area contributed by atoms with Crippen molar-refractivity contribution in [2.75, 3.05) is 0 Å². The molecule has 0 unspecified atom stereocenters. The number of rotatable bonds is 7. The number of benzene rings is 2. The Morgan fingerprint density at radius 3 is 2.68 bits per heavy atom. The number of carbonyl (C=O) groups is 1. The van der Waals surface area contributed by atoms with Gasteiger partial charge in [-0.2, -0.15) is 13.2 Å². The summed E-state index contributed by atoms with van der Waals surface area (Å²) in [4.78, 5) is 14.9. The van der Waals surface area contributed by atoms with Crippen molar-refractivity contribution in [1.29, 1.82) is 0 Å². The Kier molecular flexibility index (Phi) is 5.56. The molecule has 2 aromatic heterocycles. The summed E-state index contributed by atoms with van der Waals surface area (Å²) in [6.45, 7) is 0.123. The van der Waals surface area contributed by atoms with Crippen LogP contribution >= 0.6 is 0 Å². The second-order valence-corrected chi connectivity index (χ2v) is 7.18. The Morgan fingerprint density at radius 2 is 1.90 bits per heavy atom. The number of aromatic nitrogens is 1. The van der Waals surface area contributed by atoms with Crippen LogP contribution in [0, 0.1) is 0 Å². The van der Waals surface area contributed by atoms with Gasteiger partial charge in [-0.15, -0.1) is 0 Å². The lowest BCUT2D eigenvalue weighted by Crippen LogP contribution is -2.37. The van der Waals surface area contributed by atoms with Crippen molar-refractivity contribution in [3.05, 3.63) is 83.7 Å². The van der Waals surface area contributed by atoms with Crippen LogP contribution in [-0.4, -0.2) is 22.1 Å². The van der Waals surface area contributed by atoms with Gasteiger partial charge in [0.25, 0.3) is 0 Å². The smallest absolute Gasteiger partial charge is 0.416 e. The molecule has 0 saturated heterocycles. The molecule has 0 spiro atoms. The largest absolute Gasteiger partial charge is 0.480 e. The highest BCUT2D eigenvalue weighted by Crippen LogP contribution is 2.32.